The van der Waals surface area contributed by atoms with Crippen LogP contribution in [-0.2, 0) is 6.54 Å². The van der Waals surface area contributed by atoms with Gasteiger partial charge in [0.2, 0.25) is 0 Å². The summed E-state index contributed by atoms with van der Waals surface area (Å²) >= 11 is 0. The maximum Gasteiger partial charge on any atom is 0.322 e. The SMILES string of the molecule is O=C(Nc1ccc(F)cc1)N1Cc2ccccc2-n2cccc2C1c1cc(F)cc(F)c1. The summed E-state index contributed by atoms with van der Waals surface area (Å²) in [6.07, 6.45) is 1.86. The number of nitrogens with one attached hydrogen (secondary N) is 1. The molecular formula is C25H18F3N3O. The summed E-state index contributed by atoms with van der Waals surface area (Å²) < 4.78 is 43.5. The Balaban J connectivity index is 1.65. The van der Waals surface area contributed by atoms with Gasteiger partial charge < -0.3 is 14.8 Å². The van der Waals surface area contributed by atoms with E-state index >= 15 is 0 Å². The van der Waals surface area contributed by atoms with E-state index in [-0.39, 0.29) is 6.54 Å². The lowest BCUT2D eigenvalue weighted by Gasteiger charge is -2.31. The largest absolute Gasteiger partial charge is 0.322 e. The Labute approximate surface area is 182 Å². The Morgan fingerprint density at radius 2 is 1.56 bits per heavy atom. The zero-order valence-corrected chi connectivity index (χ0v) is 16.8. The van der Waals surface area contributed by atoms with Gasteiger partial charge in [-0.05, 0) is 65.7 Å². The first-order valence-corrected chi connectivity index (χ1v) is 10.0. The molecule has 3 aromatic carbocycles. The normalized spacial score (nSPS) is 15.0. The van der Waals surface area contributed by atoms with Gasteiger partial charge in [0.15, 0.2) is 0 Å². The van der Waals surface area contributed by atoms with Gasteiger partial charge in [0, 0.05) is 23.6 Å². The van der Waals surface area contributed by atoms with Crippen LogP contribution >= 0.6 is 0 Å². The number of carbonyl (C=O) groups excluding carboxylic acids is 1. The average molecular weight is 433 g/mol. The van der Waals surface area contributed by atoms with Crippen molar-refractivity contribution in [3.05, 3.63) is 119 Å². The first-order valence-electron chi connectivity index (χ1n) is 10.0. The van der Waals surface area contributed by atoms with Crippen LogP contribution in [0.3, 0.4) is 0 Å². The van der Waals surface area contributed by atoms with Crippen molar-refractivity contribution in [2.24, 2.45) is 0 Å². The predicted molar refractivity (Wildman–Crippen MR) is 115 cm³/mol. The molecule has 1 aliphatic rings. The van der Waals surface area contributed by atoms with E-state index in [1.165, 1.54) is 41.3 Å². The van der Waals surface area contributed by atoms with Crippen LogP contribution in [0.25, 0.3) is 5.69 Å². The third kappa shape index (κ3) is 3.62. The Kier molecular flexibility index (Phi) is 4.93. The summed E-state index contributed by atoms with van der Waals surface area (Å²) in [5.74, 6) is -1.87. The van der Waals surface area contributed by atoms with E-state index in [0.29, 0.717) is 16.9 Å². The van der Waals surface area contributed by atoms with Gasteiger partial charge in [-0.25, -0.2) is 18.0 Å². The molecule has 0 spiro atoms. The van der Waals surface area contributed by atoms with Crippen molar-refractivity contribution >= 4 is 11.7 Å². The second kappa shape index (κ2) is 7.92. The van der Waals surface area contributed by atoms with E-state index in [2.05, 4.69) is 5.32 Å². The molecule has 1 atom stereocenters. The van der Waals surface area contributed by atoms with Crippen LogP contribution in [0, 0.1) is 17.5 Å². The Morgan fingerprint density at radius 1 is 0.844 bits per heavy atom. The van der Waals surface area contributed by atoms with Crippen LogP contribution in [-0.4, -0.2) is 15.5 Å². The molecule has 2 amide bonds. The maximum absolute atomic E-state index is 14.2. The molecule has 0 aliphatic carbocycles. The van der Waals surface area contributed by atoms with Crippen molar-refractivity contribution in [3.8, 4) is 5.69 Å². The fraction of sp³-hybridized carbons (Fsp3) is 0.0800. The fourth-order valence-electron chi connectivity index (χ4n) is 4.15. The number of para-hydroxylation sites is 1. The molecule has 0 bridgehead atoms. The second-order valence-corrected chi connectivity index (χ2v) is 7.60. The lowest BCUT2D eigenvalue weighted by atomic mass is 10.0. The number of hydrogen-bond acceptors (Lipinski definition) is 1. The van der Waals surface area contributed by atoms with Gasteiger partial charge in [-0.1, -0.05) is 18.2 Å². The molecule has 1 N–H and O–H groups in total. The van der Waals surface area contributed by atoms with Crippen molar-refractivity contribution in [3.63, 3.8) is 0 Å². The highest BCUT2D eigenvalue weighted by molar-refractivity contribution is 5.90. The Bertz CT molecular complexity index is 1280. The zero-order chi connectivity index (χ0) is 22.2. The lowest BCUT2D eigenvalue weighted by molar-refractivity contribution is 0.194. The first-order chi connectivity index (χ1) is 15.5. The minimum absolute atomic E-state index is 0.202. The molecule has 1 aliphatic heterocycles. The van der Waals surface area contributed by atoms with Crippen LogP contribution in [0.4, 0.5) is 23.7 Å². The number of nitrogens with zero attached hydrogens (tertiary/aromatic N) is 2. The Hall–Kier alpha value is -4.00. The number of hydrogen-bond donors (Lipinski definition) is 1. The number of urea groups is 1. The molecule has 32 heavy (non-hydrogen) atoms. The smallest absolute Gasteiger partial charge is 0.318 e. The predicted octanol–water partition coefficient (Wildman–Crippen LogP) is 6.03. The number of anilines is 1. The van der Waals surface area contributed by atoms with Crippen LogP contribution in [0.1, 0.15) is 22.9 Å². The van der Waals surface area contributed by atoms with E-state index in [4.69, 9.17) is 0 Å². The summed E-state index contributed by atoms with van der Waals surface area (Å²) in [7, 11) is 0. The quantitative estimate of drug-likeness (QED) is 0.412. The summed E-state index contributed by atoms with van der Waals surface area (Å²) in [4.78, 5) is 14.9. The third-order valence-electron chi connectivity index (χ3n) is 5.52. The minimum atomic E-state index is -0.761. The molecule has 4 nitrogen and oxygen atoms in total. The van der Waals surface area contributed by atoms with Crippen molar-refractivity contribution < 1.29 is 18.0 Å². The number of halogens is 3. The molecule has 1 unspecified atom stereocenters. The van der Waals surface area contributed by atoms with Gasteiger partial charge in [0.25, 0.3) is 0 Å². The van der Waals surface area contributed by atoms with Gasteiger partial charge in [0.05, 0.1) is 18.3 Å². The third-order valence-corrected chi connectivity index (χ3v) is 5.52. The standard InChI is InChI=1S/C25H18F3N3O/c26-18-7-9-21(10-8-18)29-25(32)31-15-16-4-1-2-5-22(16)30-11-3-6-23(30)24(31)17-12-19(27)14-20(28)13-17/h1-14,24H,15H2,(H,29,32). The summed E-state index contributed by atoms with van der Waals surface area (Å²) in [6.45, 7) is 0.202. The summed E-state index contributed by atoms with van der Waals surface area (Å²) in [6, 6.07) is 18.7. The second-order valence-electron chi connectivity index (χ2n) is 7.60. The number of aromatic nitrogens is 1. The molecule has 5 rings (SSSR count). The van der Waals surface area contributed by atoms with E-state index < -0.39 is 29.5 Å². The molecule has 7 heteroatoms. The van der Waals surface area contributed by atoms with Gasteiger partial charge in [-0.15, -0.1) is 0 Å². The number of rotatable bonds is 2. The van der Waals surface area contributed by atoms with Crippen LogP contribution in [0.2, 0.25) is 0 Å². The van der Waals surface area contributed by atoms with E-state index in [9.17, 15) is 18.0 Å². The molecule has 0 saturated carbocycles. The molecule has 160 valence electrons. The van der Waals surface area contributed by atoms with Gasteiger partial charge in [-0.3, -0.25) is 0 Å². The number of amides is 2. The average Bonchev–Trinajstić information content (AvgIpc) is 3.18. The van der Waals surface area contributed by atoms with Gasteiger partial charge in [-0.2, -0.15) is 0 Å². The number of fused-ring (bicyclic) bond motifs is 3. The highest BCUT2D eigenvalue weighted by Gasteiger charge is 2.33. The van der Waals surface area contributed by atoms with Crippen LogP contribution in [0.15, 0.2) is 85.1 Å². The molecule has 0 fully saturated rings. The monoisotopic (exact) mass is 433 g/mol. The van der Waals surface area contributed by atoms with Gasteiger partial charge >= 0.3 is 6.03 Å². The minimum Gasteiger partial charge on any atom is -0.318 e. The van der Waals surface area contributed by atoms with Crippen molar-refractivity contribution in [1.29, 1.82) is 0 Å². The molecule has 2 heterocycles. The van der Waals surface area contributed by atoms with Gasteiger partial charge in [0.1, 0.15) is 17.5 Å². The maximum atomic E-state index is 14.2. The summed E-state index contributed by atoms with van der Waals surface area (Å²) in [5, 5.41) is 2.77. The highest BCUT2D eigenvalue weighted by Crippen LogP contribution is 2.37. The molecule has 1 aromatic heterocycles. The zero-order valence-electron chi connectivity index (χ0n) is 16.8. The van der Waals surface area contributed by atoms with Crippen molar-refractivity contribution in [2.75, 3.05) is 5.32 Å². The number of carbonyl (C=O) groups is 1. The first kappa shape index (κ1) is 19.9. The van der Waals surface area contributed by atoms with E-state index in [1.54, 1.807) is 0 Å². The highest BCUT2D eigenvalue weighted by atomic mass is 19.1. The van der Waals surface area contributed by atoms with E-state index in [1.807, 2.05) is 47.2 Å². The van der Waals surface area contributed by atoms with Crippen LogP contribution in [0.5, 0.6) is 0 Å². The Morgan fingerprint density at radius 3 is 2.31 bits per heavy atom. The van der Waals surface area contributed by atoms with Crippen LogP contribution < -0.4 is 5.32 Å². The lowest BCUT2D eigenvalue weighted by Crippen LogP contribution is -2.38. The van der Waals surface area contributed by atoms with E-state index in [0.717, 1.165) is 17.3 Å². The number of benzene rings is 3. The molecule has 0 saturated heterocycles. The molecule has 0 radical (unpaired) electrons. The van der Waals surface area contributed by atoms with Crippen molar-refractivity contribution in [2.45, 2.75) is 12.6 Å². The molecular weight excluding hydrogens is 415 g/mol. The molecule has 4 aromatic rings. The van der Waals surface area contributed by atoms with Crippen molar-refractivity contribution in [1.82, 2.24) is 9.47 Å². The fourth-order valence-corrected chi connectivity index (χ4v) is 4.15. The topological polar surface area (TPSA) is 37.3 Å². The summed E-state index contributed by atoms with van der Waals surface area (Å²) in [5.41, 5.74) is 3.16.